The molecule has 0 atom stereocenters. The lowest BCUT2D eigenvalue weighted by atomic mass is 10.2. The molecule has 0 aliphatic heterocycles. The van der Waals surface area contributed by atoms with E-state index in [4.69, 9.17) is 16.3 Å². The molecule has 106 valence electrons. The Kier molecular flexibility index (Phi) is 5.32. The summed E-state index contributed by atoms with van der Waals surface area (Å²) in [5.41, 5.74) is 0.985. The van der Waals surface area contributed by atoms with E-state index in [-0.39, 0.29) is 10.8 Å². The van der Waals surface area contributed by atoms with Gasteiger partial charge in [0.1, 0.15) is 5.75 Å². The van der Waals surface area contributed by atoms with E-state index in [2.05, 4.69) is 17.2 Å². The summed E-state index contributed by atoms with van der Waals surface area (Å²) in [5, 5.41) is 3.31. The van der Waals surface area contributed by atoms with Crippen molar-refractivity contribution in [3.63, 3.8) is 0 Å². The van der Waals surface area contributed by atoms with Crippen LogP contribution in [0.25, 0.3) is 0 Å². The quantitative estimate of drug-likeness (QED) is 0.812. The van der Waals surface area contributed by atoms with E-state index >= 15 is 0 Å². The topological polar surface area (TPSA) is 34.2 Å². The van der Waals surface area contributed by atoms with E-state index in [9.17, 15) is 4.39 Å². The van der Waals surface area contributed by atoms with Gasteiger partial charge in [-0.05, 0) is 36.7 Å². The molecule has 1 aromatic carbocycles. The van der Waals surface area contributed by atoms with Crippen LogP contribution >= 0.6 is 11.6 Å². The summed E-state index contributed by atoms with van der Waals surface area (Å²) in [6, 6.07) is 6.48. The highest BCUT2D eigenvalue weighted by molar-refractivity contribution is 6.30. The number of nitrogens with one attached hydrogen (secondary N) is 1. The number of aromatic nitrogens is 1. The maximum atomic E-state index is 13.7. The van der Waals surface area contributed by atoms with Crippen molar-refractivity contribution in [2.24, 2.45) is 0 Å². The zero-order valence-electron chi connectivity index (χ0n) is 11.2. The number of ether oxygens (including phenoxy) is 1. The predicted molar refractivity (Wildman–Crippen MR) is 77.7 cm³/mol. The van der Waals surface area contributed by atoms with Crippen molar-refractivity contribution < 1.29 is 9.13 Å². The Labute approximate surface area is 122 Å². The summed E-state index contributed by atoms with van der Waals surface area (Å²) in [7, 11) is 0. The van der Waals surface area contributed by atoms with Crippen molar-refractivity contribution in [1.82, 2.24) is 10.3 Å². The monoisotopic (exact) mass is 294 g/mol. The number of hydrogen-bond donors (Lipinski definition) is 1. The van der Waals surface area contributed by atoms with Crippen LogP contribution in [0, 0.1) is 5.82 Å². The van der Waals surface area contributed by atoms with Crippen LogP contribution in [0.4, 0.5) is 4.39 Å². The van der Waals surface area contributed by atoms with Crippen LogP contribution in [0.15, 0.2) is 36.7 Å². The van der Waals surface area contributed by atoms with Crippen molar-refractivity contribution in [3.8, 4) is 11.5 Å². The Morgan fingerprint density at radius 3 is 3.00 bits per heavy atom. The summed E-state index contributed by atoms with van der Waals surface area (Å²) in [6.45, 7) is 3.75. The maximum absolute atomic E-state index is 13.7. The first kappa shape index (κ1) is 14.8. The molecule has 1 aromatic heterocycles. The molecule has 0 amide bonds. The van der Waals surface area contributed by atoms with Crippen LogP contribution in [-0.4, -0.2) is 11.5 Å². The molecular formula is C15H16ClFN2O. The number of rotatable bonds is 6. The maximum Gasteiger partial charge on any atom is 0.184 e. The van der Waals surface area contributed by atoms with Gasteiger partial charge in [0.15, 0.2) is 11.6 Å². The molecule has 5 heteroatoms. The summed E-state index contributed by atoms with van der Waals surface area (Å²) in [6.07, 6.45) is 4.37. The molecule has 20 heavy (non-hydrogen) atoms. The summed E-state index contributed by atoms with van der Waals surface area (Å²) >= 11 is 5.72. The molecule has 0 unspecified atom stereocenters. The number of halogens is 2. The van der Waals surface area contributed by atoms with Gasteiger partial charge in [-0.2, -0.15) is 0 Å². The van der Waals surface area contributed by atoms with E-state index < -0.39 is 5.82 Å². The second-order valence-electron chi connectivity index (χ2n) is 4.36. The number of benzene rings is 1. The van der Waals surface area contributed by atoms with Crippen LogP contribution < -0.4 is 10.1 Å². The van der Waals surface area contributed by atoms with Crippen LogP contribution in [-0.2, 0) is 6.54 Å². The highest BCUT2D eigenvalue weighted by Crippen LogP contribution is 2.28. The van der Waals surface area contributed by atoms with E-state index in [0.29, 0.717) is 12.3 Å². The Balaban J connectivity index is 2.09. The van der Waals surface area contributed by atoms with Crippen molar-refractivity contribution in [2.45, 2.75) is 19.9 Å². The fourth-order valence-electron chi connectivity index (χ4n) is 1.72. The third-order valence-corrected chi connectivity index (χ3v) is 2.96. The van der Waals surface area contributed by atoms with Gasteiger partial charge in [-0.3, -0.25) is 4.98 Å². The highest BCUT2D eigenvalue weighted by Gasteiger charge is 2.08. The molecule has 0 aliphatic rings. The Hall–Kier alpha value is -1.65. The molecule has 0 saturated carbocycles. The molecule has 0 radical (unpaired) electrons. The van der Waals surface area contributed by atoms with Crippen LogP contribution in [0.2, 0.25) is 5.02 Å². The van der Waals surface area contributed by atoms with Crippen molar-refractivity contribution >= 4 is 11.6 Å². The number of pyridine rings is 1. The minimum Gasteiger partial charge on any atom is -0.453 e. The summed E-state index contributed by atoms with van der Waals surface area (Å²) in [5.74, 6) is 0.0172. The lowest BCUT2D eigenvalue weighted by molar-refractivity contribution is 0.440. The van der Waals surface area contributed by atoms with Gasteiger partial charge in [0.2, 0.25) is 0 Å². The molecule has 0 spiro atoms. The zero-order chi connectivity index (χ0) is 14.4. The third kappa shape index (κ3) is 3.92. The average Bonchev–Trinajstić information content (AvgIpc) is 2.45. The normalized spacial score (nSPS) is 10.6. The summed E-state index contributed by atoms with van der Waals surface area (Å²) < 4.78 is 19.2. The minimum atomic E-state index is -0.566. The van der Waals surface area contributed by atoms with Gasteiger partial charge >= 0.3 is 0 Å². The van der Waals surface area contributed by atoms with Gasteiger partial charge in [-0.15, -0.1) is 0 Å². The largest absolute Gasteiger partial charge is 0.453 e. The fourth-order valence-corrected chi connectivity index (χ4v) is 1.88. The number of nitrogens with zero attached hydrogens (tertiary/aromatic N) is 1. The fraction of sp³-hybridized carbons (Fsp3) is 0.267. The molecule has 2 rings (SSSR count). The van der Waals surface area contributed by atoms with E-state index in [1.165, 1.54) is 12.1 Å². The standard InChI is InChI=1S/C15H16ClFN2O/c1-2-6-18-8-11-7-12(10-19-9-11)20-14-5-3-4-13(16)15(14)17/h3-5,7,9-10,18H,2,6,8H2,1H3. The van der Waals surface area contributed by atoms with Crippen molar-refractivity contribution in [2.75, 3.05) is 6.54 Å². The molecule has 0 saturated heterocycles. The Morgan fingerprint density at radius 1 is 1.35 bits per heavy atom. The lowest BCUT2D eigenvalue weighted by Crippen LogP contribution is -2.13. The molecule has 0 aliphatic carbocycles. The molecule has 2 aromatic rings. The van der Waals surface area contributed by atoms with Crippen LogP contribution in [0.1, 0.15) is 18.9 Å². The van der Waals surface area contributed by atoms with Crippen LogP contribution in [0.5, 0.6) is 11.5 Å². The van der Waals surface area contributed by atoms with E-state index in [1.807, 2.05) is 6.07 Å². The van der Waals surface area contributed by atoms with Gasteiger partial charge in [0.25, 0.3) is 0 Å². The minimum absolute atomic E-state index is 0.0382. The van der Waals surface area contributed by atoms with Gasteiger partial charge in [0.05, 0.1) is 11.2 Å². The molecule has 1 N–H and O–H groups in total. The van der Waals surface area contributed by atoms with Crippen LogP contribution in [0.3, 0.4) is 0 Å². The van der Waals surface area contributed by atoms with Gasteiger partial charge in [-0.25, -0.2) is 4.39 Å². The first-order valence-corrected chi connectivity index (χ1v) is 6.85. The molecule has 1 heterocycles. The molecule has 0 bridgehead atoms. The van der Waals surface area contributed by atoms with E-state index in [1.54, 1.807) is 18.5 Å². The lowest BCUT2D eigenvalue weighted by Gasteiger charge is -2.09. The Bertz CT molecular complexity index is 578. The highest BCUT2D eigenvalue weighted by atomic mass is 35.5. The van der Waals surface area contributed by atoms with Gasteiger partial charge in [0, 0.05) is 12.7 Å². The first-order chi connectivity index (χ1) is 9.70. The second-order valence-corrected chi connectivity index (χ2v) is 4.77. The second kappa shape index (κ2) is 7.22. The SMILES string of the molecule is CCCNCc1cncc(Oc2cccc(Cl)c2F)c1. The van der Waals surface area contributed by atoms with Gasteiger partial charge < -0.3 is 10.1 Å². The van der Waals surface area contributed by atoms with Gasteiger partial charge in [-0.1, -0.05) is 24.6 Å². The molecule has 0 fully saturated rings. The number of hydrogen-bond acceptors (Lipinski definition) is 3. The predicted octanol–water partition coefficient (Wildman–Crippen LogP) is 4.17. The summed E-state index contributed by atoms with van der Waals surface area (Å²) in [4.78, 5) is 4.09. The van der Waals surface area contributed by atoms with E-state index in [0.717, 1.165) is 18.5 Å². The molecule has 3 nitrogen and oxygen atoms in total. The van der Waals surface area contributed by atoms with Crippen molar-refractivity contribution in [1.29, 1.82) is 0 Å². The molecular weight excluding hydrogens is 279 g/mol. The average molecular weight is 295 g/mol. The zero-order valence-corrected chi connectivity index (χ0v) is 12.0. The first-order valence-electron chi connectivity index (χ1n) is 6.47. The van der Waals surface area contributed by atoms with Crippen molar-refractivity contribution in [3.05, 3.63) is 53.1 Å². The smallest absolute Gasteiger partial charge is 0.184 e. The third-order valence-electron chi connectivity index (χ3n) is 2.67. The Morgan fingerprint density at radius 2 is 2.20 bits per heavy atom.